The number of rotatable bonds is 4. The van der Waals surface area contributed by atoms with Crippen LogP contribution in [0.4, 0.5) is 0 Å². The Morgan fingerprint density at radius 3 is 2.32 bits per heavy atom. The first kappa shape index (κ1) is 15.3. The first-order valence-electron chi connectivity index (χ1n) is 8.55. The lowest BCUT2D eigenvalue weighted by atomic mass is 9.72. The van der Waals surface area contributed by atoms with Crippen molar-refractivity contribution in [1.82, 2.24) is 10.2 Å². The molecule has 2 aliphatic rings. The van der Waals surface area contributed by atoms with Crippen LogP contribution in [0.15, 0.2) is 0 Å². The van der Waals surface area contributed by atoms with Crippen molar-refractivity contribution >= 4 is 0 Å². The molecular formula is C17H34N2. The monoisotopic (exact) mass is 266 g/mol. The van der Waals surface area contributed by atoms with Crippen molar-refractivity contribution in [2.24, 2.45) is 23.7 Å². The number of nitrogens with one attached hydrogen (secondary N) is 1. The molecule has 1 saturated heterocycles. The van der Waals surface area contributed by atoms with Crippen LogP contribution < -0.4 is 5.32 Å². The Kier molecular flexibility index (Phi) is 5.70. The summed E-state index contributed by atoms with van der Waals surface area (Å²) >= 11 is 0. The van der Waals surface area contributed by atoms with Crippen molar-refractivity contribution in [3.05, 3.63) is 0 Å². The van der Waals surface area contributed by atoms with Gasteiger partial charge in [-0.1, -0.05) is 27.7 Å². The van der Waals surface area contributed by atoms with Gasteiger partial charge in [0, 0.05) is 12.6 Å². The highest BCUT2D eigenvalue weighted by atomic mass is 15.1. The number of likely N-dealkylation sites (tertiary alicyclic amines) is 1. The molecule has 1 N–H and O–H groups in total. The van der Waals surface area contributed by atoms with E-state index in [1.165, 1.54) is 45.3 Å². The average Bonchev–Trinajstić information content (AvgIpc) is 2.36. The van der Waals surface area contributed by atoms with Gasteiger partial charge in [-0.25, -0.2) is 0 Å². The maximum Gasteiger partial charge on any atom is 0.0112 e. The predicted octanol–water partition coefficient (Wildman–Crippen LogP) is 3.38. The van der Waals surface area contributed by atoms with Gasteiger partial charge < -0.3 is 10.2 Å². The van der Waals surface area contributed by atoms with Crippen LogP contribution in [-0.2, 0) is 0 Å². The zero-order chi connectivity index (χ0) is 13.8. The molecule has 1 aliphatic carbocycles. The summed E-state index contributed by atoms with van der Waals surface area (Å²) in [5, 5.41) is 3.77. The van der Waals surface area contributed by atoms with E-state index in [0.29, 0.717) is 0 Å². The molecule has 1 heterocycles. The molecule has 4 atom stereocenters. The molecule has 2 heteroatoms. The van der Waals surface area contributed by atoms with Crippen LogP contribution in [-0.4, -0.2) is 37.1 Å². The van der Waals surface area contributed by atoms with Gasteiger partial charge in [0.2, 0.25) is 0 Å². The summed E-state index contributed by atoms with van der Waals surface area (Å²) in [4.78, 5) is 2.74. The lowest BCUT2D eigenvalue weighted by Gasteiger charge is -2.43. The third kappa shape index (κ3) is 4.19. The highest BCUT2D eigenvalue weighted by Gasteiger charge is 2.34. The second-order valence-corrected chi connectivity index (χ2v) is 7.37. The van der Waals surface area contributed by atoms with Gasteiger partial charge in [0.25, 0.3) is 0 Å². The SMILES string of the molecule is CCNC1CC(C)CC(C)C1CN1CCC(C)CC1. The van der Waals surface area contributed by atoms with Crippen molar-refractivity contribution in [3.8, 4) is 0 Å². The summed E-state index contributed by atoms with van der Waals surface area (Å²) in [6.45, 7) is 14.7. The molecule has 1 aliphatic heterocycles. The molecule has 2 fully saturated rings. The highest BCUT2D eigenvalue weighted by molar-refractivity contribution is 4.89. The lowest BCUT2D eigenvalue weighted by Crippen LogP contribution is -2.50. The summed E-state index contributed by atoms with van der Waals surface area (Å²) in [6, 6.07) is 0.753. The van der Waals surface area contributed by atoms with E-state index in [9.17, 15) is 0 Å². The number of piperidine rings is 1. The van der Waals surface area contributed by atoms with E-state index in [-0.39, 0.29) is 0 Å². The molecule has 0 aromatic heterocycles. The van der Waals surface area contributed by atoms with Gasteiger partial charge in [0.05, 0.1) is 0 Å². The van der Waals surface area contributed by atoms with E-state index in [4.69, 9.17) is 0 Å². The second-order valence-electron chi connectivity index (χ2n) is 7.37. The Hall–Kier alpha value is -0.0800. The fourth-order valence-electron chi connectivity index (χ4n) is 4.26. The Bertz CT molecular complexity index is 258. The van der Waals surface area contributed by atoms with Gasteiger partial charge in [-0.15, -0.1) is 0 Å². The van der Waals surface area contributed by atoms with Crippen LogP contribution in [0.25, 0.3) is 0 Å². The lowest BCUT2D eigenvalue weighted by molar-refractivity contribution is 0.0846. The van der Waals surface area contributed by atoms with Gasteiger partial charge in [-0.3, -0.25) is 0 Å². The molecule has 0 aromatic rings. The summed E-state index contributed by atoms with van der Waals surface area (Å²) < 4.78 is 0. The number of hydrogen-bond donors (Lipinski definition) is 1. The zero-order valence-electron chi connectivity index (χ0n) is 13.5. The van der Waals surface area contributed by atoms with Gasteiger partial charge in [0.15, 0.2) is 0 Å². The molecule has 0 amide bonds. The summed E-state index contributed by atoms with van der Waals surface area (Å²) in [5.74, 6) is 3.60. The fraction of sp³-hybridized carbons (Fsp3) is 1.00. The first-order chi connectivity index (χ1) is 9.10. The third-order valence-corrected chi connectivity index (χ3v) is 5.49. The van der Waals surface area contributed by atoms with Crippen LogP contribution >= 0.6 is 0 Å². The van der Waals surface area contributed by atoms with Crippen LogP contribution in [0.1, 0.15) is 53.4 Å². The smallest absolute Gasteiger partial charge is 0.0112 e. The van der Waals surface area contributed by atoms with Crippen LogP contribution in [0.2, 0.25) is 0 Å². The minimum absolute atomic E-state index is 0.753. The topological polar surface area (TPSA) is 15.3 Å². The maximum atomic E-state index is 3.77. The molecule has 112 valence electrons. The fourth-order valence-corrected chi connectivity index (χ4v) is 4.26. The van der Waals surface area contributed by atoms with Gasteiger partial charge >= 0.3 is 0 Å². The van der Waals surface area contributed by atoms with Crippen molar-refractivity contribution in [2.45, 2.75) is 59.4 Å². The summed E-state index contributed by atoms with van der Waals surface area (Å²) in [7, 11) is 0. The van der Waals surface area contributed by atoms with E-state index < -0.39 is 0 Å². The normalized spacial score (nSPS) is 38.5. The molecular weight excluding hydrogens is 232 g/mol. The maximum absolute atomic E-state index is 3.77. The van der Waals surface area contributed by atoms with Crippen LogP contribution in [0, 0.1) is 23.7 Å². The summed E-state index contributed by atoms with van der Waals surface area (Å²) in [6.07, 6.45) is 5.62. The molecule has 1 saturated carbocycles. The minimum Gasteiger partial charge on any atom is -0.314 e. The van der Waals surface area contributed by atoms with Crippen molar-refractivity contribution in [3.63, 3.8) is 0 Å². The van der Waals surface area contributed by atoms with E-state index >= 15 is 0 Å². The van der Waals surface area contributed by atoms with E-state index in [1.807, 2.05) is 0 Å². The van der Waals surface area contributed by atoms with E-state index in [0.717, 1.165) is 36.3 Å². The number of nitrogens with zero attached hydrogens (tertiary/aromatic N) is 1. The summed E-state index contributed by atoms with van der Waals surface area (Å²) in [5.41, 5.74) is 0. The molecule has 0 bridgehead atoms. The predicted molar refractivity (Wildman–Crippen MR) is 83.4 cm³/mol. The second kappa shape index (κ2) is 7.08. The Balaban J connectivity index is 1.91. The van der Waals surface area contributed by atoms with Crippen molar-refractivity contribution in [1.29, 1.82) is 0 Å². The molecule has 2 nitrogen and oxygen atoms in total. The van der Waals surface area contributed by atoms with Crippen molar-refractivity contribution < 1.29 is 0 Å². The van der Waals surface area contributed by atoms with Gasteiger partial charge in [0.1, 0.15) is 0 Å². The Morgan fingerprint density at radius 1 is 1.00 bits per heavy atom. The standard InChI is InChI=1S/C17H34N2/c1-5-18-17-11-14(3)10-15(4)16(17)12-19-8-6-13(2)7-9-19/h13-18H,5-12H2,1-4H3. The van der Waals surface area contributed by atoms with E-state index in [1.54, 1.807) is 0 Å². The molecule has 19 heavy (non-hydrogen) atoms. The van der Waals surface area contributed by atoms with Crippen LogP contribution in [0.5, 0.6) is 0 Å². The molecule has 4 unspecified atom stereocenters. The molecule has 0 spiro atoms. The molecule has 0 radical (unpaired) electrons. The zero-order valence-corrected chi connectivity index (χ0v) is 13.5. The minimum atomic E-state index is 0.753. The average molecular weight is 266 g/mol. The number of hydrogen-bond acceptors (Lipinski definition) is 2. The van der Waals surface area contributed by atoms with E-state index in [2.05, 4.69) is 37.9 Å². The van der Waals surface area contributed by atoms with Crippen LogP contribution in [0.3, 0.4) is 0 Å². The first-order valence-corrected chi connectivity index (χ1v) is 8.55. The Labute approximate surface area is 120 Å². The molecule has 2 rings (SSSR count). The quantitative estimate of drug-likeness (QED) is 0.839. The van der Waals surface area contributed by atoms with Crippen molar-refractivity contribution in [2.75, 3.05) is 26.2 Å². The van der Waals surface area contributed by atoms with Gasteiger partial charge in [-0.2, -0.15) is 0 Å². The largest absolute Gasteiger partial charge is 0.314 e. The highest BCUT2D eigenvalue weighted by Crippen LogP contribution is 2.35. The molecule has 0 aromatic carbocycles. The van der Waals surface area contributed by atoms with Gasteiger partial charge in [-0.05, 0) is 69.0 Å². The third-order valence-electron chi connectivity index (χ3n) is 5.49. The Morgan fingerprint density at radius 2 is 1.68 bits per heavy atom.